The van der Waals surface area contributed by atoms with Crippen molar-refractivity contribution in [2.24, 2.45) is 0 Å². The van der Waals surface area contributed by atoms with Crippen molar-refractivity contribution >= 4 is 5.97 Å². The summed E-state index contributed by atoms with van der Waals surface area (Å²) >= 11 is 0. The molecule has 96 valence electrons. The van der Waals surface area contributed by atoms with Gasteiger partial charge >= 0.3 is 5.97 Å². The van der Waals surface area contributed by atoms with E-state index in [0.717, 1.165) is 37.2 Å². The van der Waals surface area contributed by atoms with Gasteiger partial charge in [-0.1, -0.05) is 43.5 Å². The molecule has 0 atom stereocenters. The molecule has 2 fully saturated rings. The molecule has 2 heteroatoms. The van der Waals surface area contributed by atoms with Gasteiger partial charge in [0.25, 0.3) is 0 Å². The van der Waals surface area contributed by atoms with Gasteiger partial charge in [-0.3, -0.25) is 4.79 Å². The molecule has 0 radical (unpaired) electrons. The molecule has 2 aliphatic rings. The molecule has 0 aromatic heterocycles. The molecule has 2 nitrogen and oxygen atoms in total. The minimum Gasteiger partial charge on any atom is -0.481 e. The first kappa shape index (κ1) is 11.8. The third-order valence-electron chi connectivity index (χ3n) is 4.63. The van der Waals surface area contributed by atoms with Crippen LogP contribution in [0.1, 0.15) is 62.0 Å². The van der Waals surface area contributed by atoms with E-state index in [-0.39, 0.29) is 0 Å². The van der Waals surface area contributed by atoms with Gasteiger partial charge in [-0.15, -0.1) is 0 Å². The van der Waals surface area contributed by atoms with E-state index in [1.54, 1.807) is 0 Å². The van der Waals surface area contributed by atoms with E-state index in [9.17, 15) is 9.90 Å². The first-order chi connectivity index (χ1) is 8.72. The summed E-state index contributed by atoms with van der Waals surface area (Å²) in [5, 5.41) is 9.63. The Morgan fingerprint density at radius 3 is 2.17 bits per heavy atom. The SMILES string of the molecule is O=C(O)C1(c2ccc(C3CC3)cc2)CCCCC1. The molecule has 0 heterocycles. The van der Waals surface area contributed by atoms with Crippen LogP contribution in [0.25, 0.3) is 0 Å². The van der Waals surface area contributed by atoms with Crippen molar-refractivity contribution in [3.05, 3.63) is 35.4 Å². The Hall–Kier alpha value is -1.31. The van der Waals surface area contributed by atoms with Crippen LogP contribution in [0, 0.1) is 0 Å². The van der Waals surface area contributed by atoms with Crippen LogP contribution in [-0.4, -0.2) is 11.1 Å². The largest absolute Gasteiger partial charge is 0.481 e. The fourth-order valence-corrected chi connectivity index (χ4v) is 3.27. The van der Waals surface area contributed by atoms with Crippen molar-refractivity contribution in [2.45, 2.75) is 56.3 Å². The molecule has 1 N–H and O–H groups in total. The van der Waals surface area contributed by atoms with Gasteiger partial charge in [0.15, 0.2) is 0 Å². The number of carbonyl (C=O) groups is 1. The Morgan fingerprint density at radius 2 is 1.67 bits per heavy atom. The summed E-state index contributed by atoms with van der Waals surface area (Å²) in [5.74, 6) is 0.104. The molecule has 0 aliphatic heterocycles. The normalized spacial score (nSPS) is 22.7. The topological polar surface area (TPSA) is 37.3 Å². The van der Waals surface area contributed by atoms with Crippen LogP contribution in [0.3, 0.4) is 0 Å². The maximum atomic E-state index is 11.7. The molecule has 0 spiro atoms. The van der Waals surface area contributed by atoms with E-state index in [1.165, 1.54) is 24.8 Å². The van der Waals surface area contributed by atoms with Crippen molar-refractivity contribution in [1.29, 1.82) is 0 Å². The van der Waals surface area contributed by atoms with Gasteiger partial charge in [-0.05, 0) is 42.7 Å². The molecular weight excluding hydrogens is 224 g/mol. The number of benzene rings is 1. The summed E-state index contributed by atoms with van der Waals surface area (Å²) < 4.78 is 0. The number of hydrogen-bond donors (Lipinski definition) is 1. The Labute approximate surface area is 108 Å². The number of aliphatic carboxylic acids is 1. The Morgan fingerprint density at radius 1 is 1.06 bits per heavy atom. The van der Waals surface area contributed by atoms with Gasteiger partial charge in [-0.2, -0.15) is 0 Å². The molecule has 2 aliphatic carbocycles. The summed E-state index contributed by atoms with van der Waals surface area (Å²) in [5.41, 5.74) is 1.79. The monoisotopic (exact) mass is 244 g/mol. The zero-order valence-corrected chi connectivity index (χ0v) is 10.7. The van der Waals surface area contributed by atoms with Gasteiger partial charge in [-0.25, -0.2) is 0 Å². The molecule has 1 aromatic rings. The maximum Gasteiger partial charge on any atom is 0.314 e. The highest BCUT2D eigenvalue weighted by molar-refractivity contribution is 5.81. The van der Waals surface area contributed by atoms with Crippen LogP contribution in [0.4, 0.5) is 0 Å². The molecule has 18 heavy (non-hydrogen) atoms. The second-order valence-electron chi connectivity index (χ2n) is 5.84. The third kappa shape index (κ3) is 1.94. The van der Waals surface area contributed by atoms with Crippen molar-refractivity contribution in [3.63, 3.8) is 0 Å². The zero-order chi connectivity index (χ0) is 12.6. The van der Waals surface area contributed by atoms with Crippen molar-refractivity contribution in [2.75, 3.05) is 0 Å². The van der Waals surface area contributed by atoms with Crippen molar-refractivity contribution in [1.82, 2.24) is 0 Å². The molecule has 3 rings (SSSR count). The molecule has 2 saturated carbocycles. The Kier molecular flexibility index (Phi) is 2.89. The second kappa shape index (κ2) is 4.42. The molecular formula is C16H20O2. The molecule has 0 saturated heterocycles. The molecule has 0 amide bonds. The van der Waals surface area contributed by atoms with Crippen LogP contribution >= 0.6 is 0 Å². The predicted octanol–water partition coefficient (Wildman–Crippen LogP) is 3.85. The summed E-state index contributed by atoms with van der Waals surface area (Å²) in [4.78, 5) is 11.7. The maximum absolute atomic E-state index is 11.7. The van der Waals surface area contributed by atoms with Gasteiger partial charge in [0.1, 0.15) is 0 Å². The third-order valence-corrected chi connectivity index (χ3v) is 4.63. The Balaban J connectivity index is 1.91. The smallest absolute Gasteiger partial charge is 0.314 e. The molecule has 1 aromatic carbocycles. The zero-order valence-electron chi connectivity index (χ0n) is 10.7. The van der Waals surface area contributed by atoms with E-state index in [1.807, 2.05) is 0 Å². The molecule has 0 unspecified atom stereocenters. The highest BCUT2D eigenvalue weighted by Gasteiger charge is 2.41. The minimum atomic E-state index is -0.638. The first-order valence-corrected chi connectivity index (χ1v) is 7.06. The fraction of sp³-hybridized carbons (Fsp3) is 0.562. The summed E-state index contributed by atoms with van der Waals surface area (Å²) in [7, 11) is 0. The number of rotatable bonds is 3. The van der Waals surface area contributed by atoms with Crippen molar-refractivity contribution in [3.8, 4) is 0 Å². The predicted molar refractivity (Wildman–Crippen MR) is 70.8 cm³/mol. The van der Waals surface area contributed by atoms with Crippen LogP contribution < -0.4 is 0 Å². The Bertz CT molecular complexity index is 437. The van der Waals surface area contributed by atoms with Gasteiger partial charge in [0.2, 0.25) is 0 Å². The van der Waals surface area contributed by atoms with Gasteiger partial charge in [0, 0.05) is 0 Å². The lowest BCUT2D eigenvalue weighted by Gasteiger charge is -2.33. The average Bonchev–Trinajstić information content (AvgIpc) is 3.24. The molecule has 0 bridgehead atoms. The average molecular weight is 244 g/mol. The first-order valence-electron chi connectivity index (χ1n) is 7.06. The second-order valence-corrected chi connectivity index (χ2v) is 5.84. The van der Waals surface area contributed by atoms with Crippen LogP contribution in [0.5, 0.6) is 0 Å². The number of hydrogen-bond acceptors (Lipinski definition) is 1. The van der Waals surface area contributed by atoms with Crippen LogP contribution in [-0.2, 0) is 10.2 Å². The highest BCUT2D eigenvalue weighted by atomic mass is 16.4. The summed E-state index contributed by atoms with van der Waals surface area (Å²) in [6, 6.07) is 8.42. The summed E-state index contributed by atoms with van der Waals surface area (Å²) in [6.07, 6.45) is 7.44. The van der Waals surface area contributed by atoms with Crippen molar-refractivity contribution < 1.29 is 9.90 Å². The standard InChI is InChI=1S/C16H20O2/c17-15(18)16(10-2-1-3-11-16)14-8-6-13(7-9-14)12-4-5-12/h6-9,12H,1-5,10-11H2,(H,17,18). The van der Waals surface area contributed by atoms with E-state index in [4.69, 9.17) is 0 Å². The fourth-order valence-electron chi connectivity index (χ4n) is 3.27. The van der Waals surface area contributed by atoms with Gasteiger partial charge < -0.3 is 5.11 Å². The highest BCUT2D eigenvalue weighted by Crippen LogP contribution is 2.43. The minimum absolute atomic E-state index is 0.611. The number of carboxylic acids is 1. The van der Waals surface area contributed by atoms with E-state index < -0.39 is 11.4 Å². The van der Waals surface area contributed by atoms with E-state index >= 15 is 0 Å². The lowest BCUT2D eigenvalue weighted by molar-refractivity contribution is -0.145. The number of carboxylic acid groups (broad SMARTS) is 1. The van der Waals surface area contributed by atoms with Crippen LogP contribution in [0.2, 0.25) is 0 Å². The lowest BCUT2D eigenvalue weighted by Crippen LogP contribution is -2.37. The quantitative estimate of drug-likeness (QED) is 0.876. The van der Waals surface area contributed by atoms with E-state index in [0.29, 0.717) is 0 Å². The lowest BCUT2D eigenvalue weighted by atomic mass is 9.69. The van der Waals surface area contributed by atoms with Gasteiger partial charge in [0.05, 0.1) is 5.41 Å². The van der Waals surface area contributed by atoms with Crippen LogP contribution in [0.15, 0.2) is 24.3 Å². The summed E-state index contributed by atoms with van der Waals surface area (Å²) in [6.45, 7) is 0. The van der Waals surface area contributed by atoms with E-state index in [2.05, 4.69) is 24.3 Å².